The van der Waals surface area contributed by atoms with E-state index in [4.69, 9.17) is 4.74 Å². The van der Waals surface area contributed by atoms with Crippen molar-refractivity contribution >= 4 is 10.9 Å². The second-order valence-corrected chi connectivity index (χ2v) is 6.28. The molecule has 0 bridgehead atoms. The van der Waals surface area contributed by atoms with Gasteiger partial charge >= 0.3 is 0 Å². The predicted octanol–water partition coefficient (Wildman–Crippen LogP) is 2.31. The molecule has 3 aromatic rings. The number of nitrogens with one attached hydrogen (secondary N) is 1. The van der Waals surface area contributed by atoms with Crippen LogP contribution < -0.4 is 10.1 Å². The van der Waals surface area contributed by atoms with Crippen molar-refractivity contribution in [2.24, 2.45) is 0 Å². The molecule has 5 rings (SSSR count). The molecule has 0 unspecified atom stereocenters. The summed E-state index contributed by atoms with van der Waals surface area (Å²) >= 11 is 0. The molecule has 0 fully saturated rings. The lowest BCUT2D eigenvalue weighted by Crippen LogP contribution is -2.87. The molecule has 0 spiro atoms. The molecule has 2 aliphatic rings. The van der Waals surface area contributed by atoms with E-state index in [1.54, 1.807) is 0 Å². The Kier molecular flexibility index (Phi) is 2.58. The summed E-state index contributed by atoms with van der Waals surface area (Å²) in [6.07, 6.45) is 2.18. The molecule has 0 saturated heterocycles. The van der Waals surface area contributed by atoms with Gasteiger partial charge in [-0.25, -0.2) is 0 Å². The maximum atomic E-state index is 5.64. The zero-order valence-corrected chi connectivity index (χ0v) is 12.4. The number of para-hydroxylation sites is 1. The van der Waals surface area contributed by atoms with Gasteiger partial charge in [0.05, 0.1) is 18.8 Å². The Labute approximate surface area is 129 Å². The third kappa shape index (κ3) is 1.72. The van der Waals surface area contributed by atoms with E-state index in [-0.39, 0.29) is 0 Å². The molecule has 2 aliphatic heterocycles. The van der Waals surface area contributed by atoms with Gasteiger partial charge in [0, 0.05) is 29.3 Å². The molecule has 2 aromatic carbocycles. The Balaban J connectivity index is 1.65. The van der Waals surface area contributed by atoms with E-state index in [2.05, 4.69) is 52.8 Å². The number of rotatable bonds is 1. The van der Waals surface area contributed by atoms with Gasteiger partial charge in [-0.05, 0) is 35.4 Å². The molecule has 0 radical (unpaired) electrons. The number of quaternary nitrogens is 1. The van der Waals surface area contributed by atoms with Crippen LogP contribution in [0.4, 0.5) is 0 Å². The quantitative estimate of drug-likeness (QED) is 0.710. The summed E-state index contributed by atoms with van der Waals surface area (Å²) in [6, 6.07) is 15.7. The fourth-order valence-corrected chi connectivity index (χ4v) is 3.97. The number of aromatic amines is 1. The number of H-pyrrole nitrogens is 1. The number of hydrogen-bond acceptors (Lipinski definition) is 1. The van der Waals surface area contributed by atoms with E-state index in [1.807, 2.05) is 0 Å². The summed E-state index contributed by atoms with van der Waals surface area (Å²) in [4.78, 5) is 3.67. The SMILES string of the molecule is c1ccc2c3c([nH]c2c1)[C@@H](c1ccc2c(c1)CCO2)[NH2+]CC3. The van der Waals surface area contributed by atoms with E-state index in [1.165, 1.54) is 33.3 Å². The van der Waals surface area contributed by atoms with E-state index in [9.17, 15) is 0 Å². The summed E-state index contributed by atoms with van der Waals surface area (Å²) in [5.74, 6) is 1.07. The maximum absolute atomic E-state index is 5.64. The molecule has 0 amide bonds. The number of fused-ring (bicyclic) bond motifs is 4. The minimum atomic E-state index is 0.377. The Morgan fingerprint density at radius 2 is 2.05 bits per heavy atom. The zero-order valence-electron chi connectivity index (χ0n) is 12.4. The minimum Gasteiger partial charge on any atom is -0.493 e. The fourth-order valence-electron chi connectivity index (χ4n) is 3.97. The topological polar surface area (TPSA) is 41.6 Å². The lowest BCUT2D eigenvalue weighted by molar-refractivity contribution is -0.690. The van der Waals surface area contributed by atoms with Crippen molar-refractivity contribution in [2.45, 2.75) is 18.9 Å². The first kappa shape index (κ1) is 12.3. The van der Waals surface area contributed by atoms with Gasteiger partial charge in [0.2, 0.25) is 0 Å². The third-order valence-corrected chi connectivity index (χ3v) is 5.03. The van der Waals surface area contributed by atoms with Gasteiger partial charge in [-0.15, -0.1) is 0 Å². The molecule has 110 valence electrons. The van der Waals surface area contributed by atoms with Crippen LogP contribution in [0.2, 0.25) is 0 Å². The highest BCUT2D eigenvalue weighted by atomic mass is 16.5. The molecular formula is C19H19N2O+. The van der Waals surface area contributed by atoms with Crippen molar-refractivity contribution in [2.75, 3.05) is 13.2 Å². The van der Waals surface area contributed by atoms with Gasteiger partial charge in [0.25, 0.3) is 0 Å². The van der Waals surface area contributed by atoms with Crippen molar-refractivity contribution in [3.05, 3.63) is 64.8 Å². The summed E-state index contributed by atoms with van der Waals surface area (Å²) in [5, 5.41) is 3.84. The number of benzene rings is 2. The molecule has 1 aromatic heterocycles. The molecule has 1 atom stereocenters. The van der Waals surface area contributed by atoms with E-state index < -0.39 is 0 Å². The Morgan fingerprint density at radius 3 is 3.05 bits per heavy atom. The molecule has 3 N–H and O–H groups in total. The van der Waals surface area contributed by atoms with Crippen LogP contribution in [0.15, 0.2) is 42.5 Å². The van der Waals surface area contributed by atoms with Gasteiger partial charge in [-0.1, -0.05) is 18.2 Å². The van der Waals surface area contributed by atoms with E-state index in [0.29, 0.717) is 6.04 Å². The highest BCUT2D eigenvalue weighted by Gasteiger charge is 2.29. The lowest BCUT2D eigenvalue weighted by atomic mass is 9.93. The van der Waals surface area contributed by atoms with Crippen LogP contribution in [-0.4, -0.2) is 18.1 Å². The van der Waals surface area contributed by atoms with Crippen LogP contribution in [0.25, 0.3) is 10.9 Å². The van der Waals surface area contributed by atoms with Crippen LogP contribution in [0.3, 0.4) is 0 Å². The van der Waals surface area contributed by atoms with Gasteiger partial charge in [0.1, 0.15) is 5.75 Å². The van der Waals surface area contributed by atoms with Crippen LogP contribution in [0.1, 0.15) is 28.4 Å². The first-order chi connectivity index (χ1) is 10.9. The summed E-state index contributed by atoms with van der Waals surface area (Å²) in [6.45, 7) is 1.97. The van der Waals surface area contributed by atoms with Gasteiger partial charge in [-0.3, -0.25) is 0 Å². The molecule has 0 aliphatic carbocycles. The normalized spacial score (nSPS) is 19.7. The van der Waals surface area contributed by atoms with Gasteiger partial charge in [-0.2, -0.15) is 0 Å². The minimum absolute atomic E-state index is 0.377. The Hall–Kier alpha value is -2.26. The third-order valence-electron chi connectivity index (χ3n) is 5.03. The first-order valence-electron chi connectivity index (χ1n) is 8.08. The van der Waals surface area contributed by atoms with Crippen LogP contribution in [-0.2, 0) is 12.8 Å². The Morgan fingerprint density at radius 1 is 1.09 bits per heavy atom. The number of nitrogens with two attached hydrogens (primary N) is 1. The molecule has 22 heavy (non-hydrogen) atoms. The van der Waals surface area contributed by atoms with Crippen LogP contribution >= 0.6 is 0 Å². The second kappa shape index (κ2) is 4.62. The number of aromatic nitrogens is 1. The second-order valence-electron chi connectivity index (χ2n) is 6.28. The summed E-state index contributed by atoms with van der Waals surface area (Å²) in [5.41, 5.74) is 6.88. The van der Waals surface area contributed by atoms with Crippen LogP contribution in [0, 0.1) is 0 Å². The summed E-state index contributed by atoms with van der Waals surface area (Å²) in [7, 11) is 0. The highest BCUT2D eigenvalue weighted by molar-refractivity contribution is 5.85. The van der Waals surface area contributed by atoms with Gasteiger partial charge in [0.15, 0.2) is 6.04 Å². The Bertz CT molecular complexity index is 865. The predicted molar refractivity (Wildman–Crippen MR) is 86.3 cm³/mol. The van der Waals surface area contributed by atoms with Crippen molar-refractivity contribution in [3.63, 3.8) is 0 Å². The average molecular weight is 291 g/mol. The van der Waals surface area contributed by atoms with Crippen LogP contribution in [0.5, 0.6) is 5.75 Å². The monoisotopic (exact) mass is 291 g/mol. The number of hydrogen-bond donors (Lipinski definition) is 2. The molecular weight excluding hydrogens is 272 g/mol. The lowest BCUT2D eigenvalue weighted by Gasteiger charge is -2.22. The van der Waals surface area contributed by atoms with E-state index >= 15 is 0 Å². The first-order valence-corrected chi connectivity index (χ1v) is 8.08. The van der Waals surface area contributed by atoms with Gasteiger partial charge < -0.3 is 15.0 Å². The molecule has 3 heterocycles. The summed E-state index contributed by atoms with van der Waals surface area (Å²) < 4.78 is 5.64. The van der Waals surface area contributed by atoms with Crippen molar-refractivity contribution < 1.29 is 10.1 Å². The van der Waals surface area contributed by atoms with Crippen molar-refractivity contribution in [1.29, 1.82) is 0 Å². The highest BCUT2D eigenvalue weighted by Crippen LogP contribution is 2.33. The number of ether oxygens (including phenoxy) is 1. The van der Waals surface area contributed by atoms with E-state index in [0.717, 1.165) is 31.7 Å². The molecule has 0 saturated carbocycles. The maximum Gasteiger partial charge on any atom is 0.153 e. The largest absolute Gasteiger partial charge is 0.493 e. The smallest absolute Gasteiger partial charge is 0.153 e. The average Bonchev–Trinajstić information content (AvgIpc) is 3.18. The van der Waals surface area contributed by atoms with Crippen molar-refractivity contribution in [3.8, 4) is 5.75 Å². The van der Waals surface area contributed by atoms with Crippen molar-refractivity contribution in [1.82, 2.24) is 4.98 Å². The fraction of sp³-hybridized carbons (Fsp3) is 0.263. The molecule has 3 nitrogen and oxygen atoms in total. The zero-order chi connectivity index (χ0) is 14.5. The standard InChI is InChI=1S/C19H18N2O/c1-2-4-16-14(3-1)15-7-9-20-18(19(15)21-16)13-5-6-17-12(11-13)8-10-22-17/h1-6,11,18,20-21H,7-10H2/p+1/t18-/m1/s1. The molecule has 3 heteroatoms.